The number of anilines is 1. The van der Waals surface area contributed by atoms with Crippen molar-refractivity contribution in [3.63, 3.8) is 0 Å². The fourth-order valence-electron chi connectivity index (χ4n) is 3.83. The zero-order chi connectivity index (χ0) is 21.3. The predicted molar refractivity (Wildman–Crippen MR) is 104 cm³/mol. The van der Waals surface area contributed by atoms with Crippen LogP contribution in [0, 0.1) is 0 Å². The normalized spacial score (nSPS) is 19.1. The number of amides is 2. The number of piperidine rings is 1. The van der Waals surface area contributed by atoms with Crippen molar-refractivity contribution in [2.24, 2.45) is 0 Å². The van der Waals surface area contributed by atoms with Crippen LogP contribution in [-0.2, 0) is 11.0 Å². The summed E-state index contributed by atoms with van der Waals surface area (Å²) < 4.78 is 44.4. The third-order valence-corrected chi connectivity index (χ3v) is 5.42. The zero-order valence-corrected chi connectivity index (χ0v) is 16.2. The molecule has 1 atom stereocenters. The molecule has 4 rings (SSSR count). The Bertz CT molecular complexity index is 937. The van der Waals surface area contributed by atoms with Crippen molar-refractivity contribution in [1.82, 2.24) is 4.90 Å². The smallest absolute Gasteiger partial charge is 0.416 e. The van der Waals surface area contributed by atoms with E-state index < -0.39 is 23.8 Å². The third-order valence-electron chi connectivity index (χ3n) is 5.42. The molecule has 1 saturated heterocycles. The van der Waals surface area contributed by atoms with Gasteiger partial charge in [0, 0.05) is 18.7 Å². The number of hydrogen-bond donors (Lipinski definition) is 0. The molecule has 0 N–H and O–H groups in total. The Morgan fingerprint density at radius 3 is 2.27 bits per heavy atom. The fourth-order valence-corrected chi connectivity index (χ4v) is 3.83. The van der Waals surface area contributed by atoms with E-state index in [1.165, 1.54) is 4.90 Å². The van der Waals surface area contributed by atoms with Gasteiger partial charge >= 0.3 is 6.18 Å². The molecule has 0 unspecified atom stereocenters. The minimum Gasteiger partial charge on any atom is -0.476 e. The van der Waals surface area contributed by atoms with Crippen LogP contribution in [0.4, 0.5) is 18.9 Å². The van der Waals surface area contributed by atoms with Gasteiger partial charge in [-0.2, -0.15) is 13.2 Å². The molecule has 1 fully saturated rings. The zero-order valence-electron chi connectivity index (χ0n) is 16.2. The number of alkyl halides is 3. The quantitative estimate of drug-likeness (QED) is 0.737. The summed E-state index contributed by atoms with van der Waals surface area (Å²) >= 11 is 0. The number of nitrogens with zero attached hydrogens (tertiary/aromatic N) is 2. The molecule has 2 amide bonds. The highest BCUT2D eigenvalue weighted by molar-refractivity contribution is 6.07. The number of halogens is 3. The number of carbonyl (C=O) groups excluding carboxylic acids is 2. The fraction of sp³-hybridized carbons (Fsp3) is 0.364. The monoisotopic (exact) mass is 418 g/mol. The van der Waals surface area contributed by atoms with Gasteiger partial charge in [0.2, 0.25) is 0 Å². The Labute approximate surface area is 172 Å². The van der Waals surface area contributed by atoms with Gasteiger partial charge in [-0.15, -0.1) is 0 Å². The van der Waals surface area contributed by atoms with Crippen LogP contribution in [0.1, 0.15) is 35.2 Å². The van der Waals surface area contributed by atoms with Crippen molar-refractivity contribution in [1.29, 1.82) is 0 Å². The van der Waals surface area contributed by atoms with Gasteiger partial charge in [-0.25, -0.2) is 0 Å². The Balaban J connectivity index is 1.60. The maximum atomic E-state index is 13.1. The van der Waals surface area contributed by atoms with Crippen LogP contribution in [0.15, 0.2) is 48.5 Å². The molecule has 158 valence electrons. The second-order valence-corrected chi connectivity index (χ2v) is 7.45. The second-order valence-electron chi connectivity index (χ2n) is 7.45. The Morgan fingerprint density at radius 1 is 0.933 bits per heavy atom. The highest BCUT2D eigenvalue weighted by Crippen LogP contribution is 2.35. The van der Waals surface area contributed by atoms with E-state index >= 15 is 0 Å². The van der Waals surface area contributed by atoms with Crippen molar-refractivity contribution in [3.05, 3.63) is 59.7 Å². The van der Waals surface area contributed by atoms with Crippen LogP contribution in [0.5, 0.6) is 5.75 Å². The van der Waals surface area contributed by atoms with Crippen molar-refractivity contribution in [2.45, 2.75) is 31.5 Å². The molecule has 30 heavy (non-hydrogen) atoms. The average molecular weight is 418 g/mol. The van der Waals surface area contributed by atoms with E-state index in [-0.39, 0.29) is 18.0 Å². The standard InChI is InChI=1S/C22H21F3N2O3/c23-22(24,25)16-10-8-15(9-11-16)20(28)27-14-19(21(29)26-12-4-1-5-13-26)30-18-7-3-2-6-17(18)27/h2-3,6-11,19H,1,4-5,12-14H2/t19-/m0/s1. The summed E-state index contributed by atoms with van der Waals surface area (Å²) in [6.45, 7) is 1.33. The molecule has 2 aromatic rings. The van der Waals surface area contributed by atoms with E-state index in [1.54, 1.807) is 29.2 Å². The number of hydrogen-bond acceptors (Lipinski definition) is 3. The summed E-state index contributed by atoms with van der Waals surface area (Å²) in [5.41, 5.74) is -0.214. The minimum atomic E-state index is -4.47. The van der Waals surface area contributed by atoms with Gasteiger partial charge < -0.3 is 14.5 Å². The van der Waals surface area contributed by atoms with Crippen molar-refractivity contribution in [2.75, 3.05) is 24.5 Å². The van der Waals surface area contributed by atoms with Gasteiger partial charge in [0.15, 0.2) is 6.10 Å². The molecule has 0 aliphatic carbocycles. The number of benzene rings is 2. The molecule has 0 aromatic heterocycles. The molecular weight excluding hydrogens is 397 g/mol. The van der Waals surface area contributed by atoms with Crippen LogP contribution >= 0.6 is 0 Å². The van der Waals surface area contributed by atoms with Crippen LogP contribution in [0.2, 0.25) is 0 Å². The van der Waals surface area contributed by atoms with Crippen molar-refractivity contribution < 1.29 is 27.5 Å². The summed E-state index contributed by atoms with van der Waals surface area (Å²) in [4.78, 5) is 29.3. The molecule has 2 aliphatic rings. The molecule has 8 heteroatoms. The molecule has 2 heterocycles. The molecule has 2 aromatic carbocycles. The highest BCUT2D eigenvalue weighted by atomic mass is 19.4. The SMILES string of the molecule is O=C([C@@H]1CN(C(=O)c2ccc(C(F)(F)F)cc2)c2ccccc2O1)N1CCCCC1. The maximum absolute atomic E-state index is 13.1. The summed E-state index contributed by atoms with van der Waals surface area (Å²) in [6.07, 6.45) is -2.38. The van der Waals surface area contributed by atoms with Gasteiger partial charge in [0.1, 0.15) is 5.75 Å². The van der Waals surface area contributed by atoms with Crippen LogP contribution in [-0.4, -0.2) is 42.5 Å². The summed E-state index contributed by atoms with van der Waals surface area (Å²) in [5, 5.41) is 0. The number of fused-ring (bicyclic) bond motifs is 1. The van der Waals surface area contributed by atoms with Gasteiger partial charge in [-0.3, -0.25) is 9.59 Å². The summed E-state index contributed by atoms with van der Waals surface area (Å²) in [5.74, 6) is -0.246. The molecule has 0 radical (unpaired) electrons. The summed E-state index contributed by atoms with van der Waals surface area (Å²) in [7, 11) is 0. The van der Waals surface area contributed by atoms with E-state index in [9.17, 15) is 22.8 Å². The van der Waals surface area contributed by atoms with Crippen LogP contribution < -0.4 is 9.64 Å². The third kappa shape index (κ3) is 3.99. The lowest BCUT2D eigenvalue weighted by atomic mass is 10.1. The first-order valence-corrected chi connectivity index (χ1v) is 9.88. The molecule has 5 nitrogen and oxygen atoms in total. The average Bonchev–Trinajstić information content (AvgIpc) is 2.77. The summed E-state index contributed by atoms with van der Waals surface area (Å²) in [6, 6.07) is 10.9. The molecular formula is C22H21F3N2O3. The first kappa shape index (κ1) is 20.3. The van der Waals surface area contributed by atoms with Gasteiger partial charge in [-0.05, 0) is 55.7 Å². The van der Waals surface area contributed by atoms with Gasteiger partial charge in [0.25, 0.3) is 11.8 Å². The number of rotatable bonds is 2. The van der Waals surface area contributed by atoms with Gasteiger partial charge in [-0.1, -0.05) is 12.1 Å². The van der Waals surface area contributed by atoms with Crippen molar-refractivity contribution in [3.8, 4) is 5.75 Å². The van der Waals surface area contributed by atoms with Gasteiger partial charge in [0.05, 0.1) is 17.8 Å². The lowest BCUT2D eigenvalue weighted by Gasteiger charge is -2.37. The van der Waals surface area contributed by atoms with Crippen molar-refractivity contribution >= 4 is 17.5 Å². The van der Waals surface area contributed by atoms with E-state index in [1.807, 2.05) is 0 Å². The second kappa shape index (κ2) is 8.01. The Hall–Kier alpha value is -3.03. The number of ether oxygens (including phenoxy) is 1. The molecule has 0 spiro atoms. The Kier molecular flexibility index (Phi) is 5.40. The molecule has 2 aliphatic heterocycles. The maximum Gasteiger partial charge on any atom is 0.416 e. The van der Waals surface area contributed by atoms with E-state index in [2.05, 4.69) is 0 Å². The minimum absolute atomic E-state index is 0.00615. The first-order valence-electron chi connectivity index (χ1n) is 9.88. The lowest BCUT2D eigenvalue weighted by molar-refractivity contribution is -0.139. The van der Waals surface area contributed by atoms with E-state index in [0.717, 1.165) is 43.5 Å². The van der Waals surface area contributed by atoms with E-state index in [4.69, 9.17) is 4.74 Å². The van der Waals surface area contributed by atoms with Crippen LogP contribution in [0.3, 0.4) is 0 Å². The molecule has 0 saturated carbocycles. The Morgan fingerprint density at radius 2 is 1.60 bits per heavy atom. The van der Waals surface area contributed by atoms with E-state index in [0.29, 0.717) is 24.5 Å². The number of para-hydroxylation sites is 2. The topological polar surface area (TPSA) is 49.9 Å². The predicted octanol–water partition coefficient (Wildman–Crippen LogP) is 4.13. The number of likely N-dealkylation sites (tertiary alicyclic amines) is 1. The highest BCUT2D eigenvalue weighted by Gasteiger charge is 2.37. The lowest BCUT2D eigenvalue weighted by Crippen LogP contribution is -2.52. The first-order chi connectivity index (χ1) is 14.3. The van der Waals surface area contributed by atoms with Crippen LogP contribution in [0.25, 0.3) is 0 Å². The number of carbonyl (C=O) groups is 2. The largest absolute Gasteiger partial charge is 0.476 e. The molecule has 0 bridgehead atoms.